The molecule has 1 aliphatic heterocycles. The Morgan fingerprint density at radius 1 is 1.60 bits per heavy atom. The van der Waals surface area contributed by atoms with Crippen LogP contribution in [0.4, 0.5) is 0 Å². The van der Waals surface area contributed by atoms with Gasteiger partial charge in [0.05, 0.1) is 13.0 Å². The summed E-state index contributed by atoms with van der Waals surface area (Å²) in [6.07, 6.45) is 0.00965. The topological polar surface area (TPSA) is 97.0 Å². The van der Waals surface area contributed by atoms with Crippen molar-refractivity contribution in [1.29, 1.82) is 1.12 Å². The lowest BCUT2D eigenvalue weighted by Crippen LogP contribution is -2.39. The van der Waals surface area contributed by atoms with Crippen molar-refractivity contribution in [3.8, 4) is 0 Å². The third-order valence-electron chi connectivity index (χ3n) is 2.77. The highest BCUT2D eigenvalue weighted by Crippen LogP contribution is 2.13. The molecule has 1 heterocycles. The van der Waals surface area contributed by atoms with E-state index in [0.29, 0.717) is 32.6 Å². The number of likely N-dealkylation sites (tertiary alicyclic amines) is 1. The highest BCUT2D eigenvalue weighted by Gasteiger charge is 2.38. The van der Waals surface area contributed by atoms with Gasteiger partial charge >= 0.3 is 0 Å². The maximum atomic E-state index is 11.9. The average Bonchev–Trinajstić information content (AvgIpc) is 2.73. The maximum absolute atomic E-state index is 11.9. The molecule has 0 radical (unpaired) electrons. The van der Waals surface area contributed by atoms with Crippen LogP contribution in [0.25, 0.3) is 0 Å². The highest BCUT2D eigenvalue weighted by molar-refractivity contribution is 7.75. The van der Waals surface area contributed by atoms with Crippen LogP contribution in [0.2, 0.25) is 0 Å². The number of nitrogens with zero attached hydrogens (tertiary/aromatic N) is 1. The predicted octanol–water partition coefficient (Wildman–Crippen LogP) is -0.977. The Labute approximate surface area is 123 Å². The molecule has 1 fully saturated rings. The van der Waals surface area contributed by atoms with Gasteiger partial charge in [0.1, 0.15) is 7.17 Å². The van der Waals surface area contributed by atoms with E-state index < -0.39 is 11.9 Å². The number of thiol groups is 1. The number of rotatable bonds is 10. The maximum Gasteiger partial charge on any atom is 0.249 e. The molecule has 1 unspecified atom stereocenters. The van der Waals surface area contributed by atoms with Gasteiger partial charge in [0.15, 0.2) is 0 Å². The van der Waals surface area contributed by atoms with Crippen LogP contribution in [0, 0.1) is 0 Å². The fraction of sp³-hybridized carbons (Fsp3) is 0.727. The van der Waals surface area contributed by atoms with E-state index in [1.54, 1.807) is 0 Å². The minimum absolute atomic E-state index is 0.0321. The zero-order valence-corrected chi connectivity index (χ0v) is 12.0. The smallest absolute Gasteiger partial charge is 0.249 e. The zero-order valence-electron chi connectivity index (χ0n) is 12.2. The van der Waals surface area contributed by atoms with Crippen molar-refractivity contribution in [2.24, 2.45) is 0 Å². The van der Waals surface area contributed by atoms with E-state index in [4.69, 9.17) is 5.86 Å². The fourth-order valence-electron chi connectivity index (χ4n) is 1.78. The molecule has 0 aromatic heterocycles. The number of nitrogens with one attached hydrogen (secondary N) is 2. The van der Waals surface area contributed by atoms with Crippen molar-refractivity contribution in [1.82, 2.24) is 15.7 Å². The van der Waals surface area contributed by atoms with Crippen LogP contribution < -0.4 is 10.8 Å². The number of hydrogen-bond acceptors (Lipinski definition) is 7. The Hall–Kier alpha value is -1.16. The summed E-state index contributed by atoms with van der Waals surface area (Å²) < 4.78 is 16.3. The van der Waals surface area contributed by atoms with E-state index >= 15 is 0 Å². The molecule has 1 aliphatic rings. The Morgan fingerprint density at radius 2 is 2.40 bits per heavy atom. The zero-order chi connectivity index (χ0) is 15.7. The second-order valence-electron chi connectivity index (χ2n) is 4.14. The summed E-state index contributed by atoms with van der Waals surface area (Å²) in [4.78, 5) is 36.1. The SMILES string of the molecule is [3H]SONC1CC(=O)N(CCC(=O)NCCOCC)C1=O. The number of ether oxygens (including phenoxy) is 1. The van der Waals surface area contributed by atoms with Gasteiger partial charge in [0.25, 0.3) is 0 Å². The van der Waals surface area contributed by atoms with Crippen molar-refractivity contribution in [2.75, 3.05) is 26.3 Å². The Morgan fingerprint density at radius 3 is 3.10 bits per heavy atom. The van der Waals surface area contributed by atoms with Gasteiger partial charge in [0, 0.05) is 26.1 Å². The number of carbonyl (C=O) groups is 3. The summed E-state index contributed by atoms with van der Waals surface area (Å²) in [5.74, 6) is -1.06. The molecule has 3 amide bonds. The molecular formula is C11H19N3O5S. The molecule has 8 nitrogen and oxygen atoms in total. The van der Waals surface area contributed by atoms with Crippen LogP contribution >= 0.6 is 12.8 Å². The van der Waals surface area contributed by atoms with E-state index in [0.717, 1.165) is 4.90 Å². The molecule has 1 atom stereocenters. The fourth-order valence-corrected chi connectivity index (χ4v) is 1.89. The molecule has 0 bridgehead atoms. The van der Waals surface area contributed by atoms with Crippen molar-refractivity contribution in [3.63, 3.8) is 0 Å². The van der Waals surface area contributed by atoms with Crippen molar-refractivity contribution >= 4 is 30.5 Å². The van der Waals surface area contributed by atoms with Crippen LogP contribution in [-0.2, 0) is 23.4 Å². The van der Waals surface area contributed by atoms with Crippen LogP contribution in [0.1, 0.15) is 19.8 Å². The van der Waals surface area contributed by atoms with Crippen LogP contribution in [0.3, 0.4) is 0 Å². The monoisotopic (exact) mass is 307 g/mol. The average molecular weight is 307 g/mol. The van der Waals surface area contributed by atoms with Gasteiger partial charge in [-0.2, -0.15) is 5.48 Å². The van der Waals surface area contributed by atoms with Gasteiger partial charge < -0.3 is 10.1 Å². The lowest BCUT2D eigenvalue weighted by atomic mass is 10.3. The molecule has 1 rings (SSSR count). The molecule has 0 aliphatic carbocycles. The van der Waals surface area contributed by atoms with E-state index in [1.807, 2.05) is 6.92 Å². The number of hydrogen-bond donors (Lipinski definition) is 3. The number of carbonyl (C=O) groups excluding carboxylic acids is 3. The summed E-state index contributed by atoms with van der Waals surface area (Å²) >= 11 is 0.305. The van der Waals surface area contributed by atoms with E-state index in [-0.39, 0.29) is 31.2 Å². The second-order valence-corrected chi connectivity index (χ2v) is 4.31. The predicted molar refractivity (Wildman–Crippen MR) is 72.5 cm³/mol. The molecule has 114 valence electrons. The second kappa shape index (κ2) is 8.90. The number of imide groups is 1. The molecular weight excluding hydrogens is 286 g/mol. The minimum Gasteiger partial charge on any atom is -0.380 e. The molecule has 9 heteroatoms. The van der Waals surface area contributed by atoms with Gasteiger partial charge in [0.2, 0.25) is 17.7 Å². The summed E-state index contributed by atoms with van der Waals surface area (Å²) in [6, 6.07) is -0.795. The molecule has 0 saturated carbocycles. The summed E-state index contributed by atoms with van der Waals surface area (Å²) in [7, 11) is 0. The van der Waals surface area contributed by atoms with Gasteiger partial charge in [-0.25, -0.2) is 4.28 Å². The first-order chi connectivity index (χ1) is 10.1. The Balaban J connectivity index is 2.29. The molecule has 2 N–H and O–H groups in total. The molecule has 20 heavy (non-hydrogen) atoms. The summed E-state index contributed by atoms with van der Waals surface area (Å²) in [5, 5.41) is 2.63. The molecule has 0 spiro atoms. The lowest BCUT2D eigenvalue weighted by molar-refractivity contribution is -0.139. The standard InChI is InChI=1S/C11H19N3O5S/c1-2-18-6-4-12-9(15)3-5-14-10(16)7-8(11(14)17)13-19-20/h8,13,20H,2-7H2,1H3,(H,12,15)/i/hT. The van der Waals surface area contributed by atoms with Crippen molar-refractivity contribution < 1.29 is 23.4 Å². The van der Waals surface area contributed by atoms with Crippen molar-refractivity contribution in [3.05, 3.63) is 0 Å². The molecule has 0 aromatic rings. The normalized spacial score (nSPS) is 19.4. The number of hydroxylamine groups is 1. The van der Waals surface area contributed by atoms with Crippen LogP contribution in [-0.4, -0.2) is 56.1 Å². The largest absolute Gasteiger partial charge is 0.380 e. The van der Waals surface area contributed by atoms with Gasteiger partial charge in [-0.3, -0.25) is 19.3 Å². The van der Waals surface area contributed by atoms with Gasteiger partial charge in [-0.05, 0) is 19.7 Å². The van der Waals surface area contributed by atoms with E-state index in [2.05, 4.69) is 15.1 Å². The van der Waals surface area contributed by atoms with Gasteiger partial charge in [-0.15, -0.1) is 0 Å². The number of amides is 3. The Kier molecular flexibility index (Phi) is 6.78. The molecule has 0 aromatic carbocycles. The van der Waals surface area contributed by atoms with Crippen LogP contribution in [0.15, 0.2) is 0 Å². The summed E-state index contributed by atoms with van der Waals surface area (Å²) in [6.45, 7) is 3.30. The highest BCUT2D eigenvalue weighted by atomic mass is 32.1. The third-order valence-corrected chi connectivity index (χ3v) is 2.87. The van der Waals surface area contributed by atoms with E-state index in [9.17, 15) is 14.4 Å². The quantitative estimate of drug-likeness (QED) is 0.158. The van der Waals surface area contributed by atoms with Crippen molar-refractivity contribution in [2.45, 2.75) is 25.8 Å². The first-order valence-electron chi connectivity index (χ1n) is 6.74. The summed E-state index contributed by atoms with van der Waals surface area (Å²) in [5.41, 5.74) is 2.32. The van der Waals surface area contributed by atoms with E-state index in [1.165, 1.54) is 0 Å². The minimum atomic E-state index is -0.795. The third kappa shape index (κ3) is 5.08. The van der Waals surface area contributed by atoms with Crippen LogP contribution in [0.5, 0.6) is 0 Å². The first-order valence-corrected chi connectivity index (χ1v) is 6.66. The molecule has 1 saturated heterocycles. The Bertz CT molecular complexity index is 385. The lowest BCUT2D eigenvalue weighted by Gasteiger charge is -2.14. The van der Waals surface area contributed by atoms with Gasteiger partial charge in [-0.1, -0.05) is 0 Å². The first kappa shape index (κ1) is 15.2.